The van der Waals surface area contributed by atoms with Gasteiger partial charge in [-0.15, -0.1) is 0 Å². The number of aliphatic hydroxyl groups is 1. The summed E-state index contributed by atoms with van der Waals surface area (Å²) in [5, 5.41) is 15.6. The Morgan fingerprint density at radius 1 is 0.984 bits per heavy atom. The summed E-state index contributed by atoms with van der Waals surface area (Å²) < 4.78 is 55.6. The fourth-order valence-corrected chi connectivity index (χ4v) is 8.73. The molecule has 3 N–H and O–H groups in total. The summed E-state index contributed by atoms with van der Waals surface area (Å²) in [6.07, 6.45) is 6.17. The molecule has 0 bridgehead atoms. The minimum Gasteiger partial charge on any atom is -0.493 e. The number of hydrogen-bond donors (Lipinski definition) is 3. The molecule has 3 aromatic carbocycles. The second-order valence-corrected chi connectivity index (χ2v) is 16.2. The third-order valence-electron chi connectivity index (χ3n) is 12.1. The van der Waals surface area contributed by atoms with Crippen LogP contribution in [0.15, 0.2) is 42.5 Å². The van der Waals surface area contributed by atoms with Crippen molar-refractivity contribution in [3.8, 4) is 11.5 Å². The van der Waals surface area contributed by atoms with Gasteiger partial charge in [0.05, 0.1) is 25.4 Å². The SMILES string of the molecule is COc1cc2c(NC(C)c3cccc(C(F)(F)CO)c3)nc(C)nc2c(CCCCCCCN2CCN(c3cc4c(cc3F)C(=O)N(C3CCC(=O)NC3=O)C4)CC2)c1OC. The fraction of sp³-hybridized carbons (Fsp3) is 0.489. The van der Waals surface area contributed by atoms with E-state index in [2.05, 4.69) is 15.5 Å². The number of rotatable bonds is 17. The average Bonchev–Trinajstić information content (AvgIpc) is 3.56. The number of carbonyl (C=O) groups excluding carboxylic acids is 3. The molecule has 4 heterocycles. The number of nitrogens with one attached hydrogen (secondary N) is 2. The first-order valence-electron chi connectivity index (χ1n) is 21.0. The zero-order valence-electron chi connectivity index (χ0n) is 35.2. The quantitative estimate of drug-likeness (QED) is 0.0798. The van der Waals surface area contributed by atoms with E-state index in [4.69, 9.17) is 19.4 Å². The number of aromatic nitrogens is 2. The van der Waals surface area contributed by atoms with Crippen molar-refractivity contribution in [2.75, 3.05) is 63.8 Å². The number of benzene rings is 3. The number of hydrogen-bond acceptors (Lipinski definition) is 11. The molecule has 2 fully saturated rings. The minimum absolute atomic E-state index is 0.165. The molecule has 0 radical (unpaired) electrons. The summed E-state index contributed by atoms with van der Waals surface area (Å²) in [6.45, 7) is 6.47. The highest BCUT2D eigenvalue weighted by Gasteiger charge is 2.40. The van der Waals surface area contributed by atoms with Crippen LogP contribution in [0.2, 0.25) is 0 Å². The summed E-state index contributed by atoms with van der Waals surface area (Å²) in [7, 11) is 3.19. The van der Waals surface area contributed by atoms with E-state index in [-0.39, 0.29) is 42.3 Å². The topological polar surface area (TPSA) is 149 Å². The van der Waals surface area contributed by atoms with Gasteiger partial charge in [-0.05, 0) is 81.5 Å². The highest BCUT2D eigenvalue weighted by atomic mass is 19.3. The summed E-state index contributed by atoms with van der Waals surface area (Å²) in [5.74, 6) is -2.77. The monoisotopic (exact) mass is 845 g/mol. The third kappa shape index (κ3) is 9.39. The highest BCUT2D eigenvalue weighted by molar-refractivity contribution is 6.05. The maximum absolute atomic E-state index is 15.4. The van der Waals surface area contributed by atoms with Crippen LogP contribution in [0.4, 0.5) is 24.7 Å². The molecule has 16 heteroatoms. The Bertz CT molecular complexity index is 2290. The number of imide groups is 1. The molecule has 3 aliphatic heterocycles. The number of halogens is 3. The van der Waals surface area contributed by atoms with Crippen LogP contribution in [0.5, 0.6) is 11.5 Å². The number of piperazine rings is 1. The van der Waals surface area contributed by atoms with Crippen LogP contribution in [-0.2, 0) is 28.5 Å². The number of amides is 3. The zero-order valence-corrected chi connectivity index (χ0v) is 35.2. The third-order valence-corrected chi connectivity index (χ3v) is 12.1. The summed E-state index contributed by atoms with van der Waals surface area (Å²) in [4.78, 5) is 52.6. The molecule has 7 rings (SSSR count). The Hall–Kier alpha value is -5.48. The Balaban J connectivity index is 0.904. The number of aliphatic hydroxyl groups excluding tert-OH is 1. The van der Waals surface area contributed by atoms with Crippen LogP contribution in [0.3, 0.4) is 0 Å². The molecule has 4 aromatic rings. The Labute approximate surface area is 353 Å². The number of methoxy groups -OCH3 is 2. The predicted octanol–water partition coefficient (Wildman–Crippen LogP) is 6.43. The number of fused-ring (bicyclic) bond motifs is 2. The van der Waals surface area contributed by atoms with E-state index in [9.17, 15) is 28.3 Å². The van der Waals surface area contributed by atoms with Gasteiger partial charge in [0.2, 0.25) is 11.8 Å². The van der Waals surface area contributed by atoms with Crippen molar-refractivity contribution in [1.82, 2.24) is 25.1 Å². The average molecular weight is 846 g/mol. The Morgan fingerprint density at radius 2 is 1.74 bits per heavy atom. The Morgan fingerprint density at radius 3 is 2.46 bits per heavy atom. The number of aryl methyl sites for hydroxylation is 2. The van der Waals surface area contributed by atoms with Gasteiger partial charge < -0.3 is 29.7 Å². The molecule has 0 saturated carbocycles. The van der Waals surface area contributed by atoms with E-state index < -0.39 is 36.3 Å². The molecule has 0 spiro atoms. The molecule has 3 aliphatic rings. The van der Waals surface area contributed by atoms with E-state index in [0.29, 0.717) is 59.5 Å². The molecule has 61 heavy (non-hydrogen) atoms. The molecule has 13 nitrogen and oxygen atoms in total. The van der Waals surface area contributed by atoms with Crippen LogP contribution >= 0.6 is 0 Å². The second kappa shape index (κ2) is 18.6. The van der Waals surface area contributed by atoms with Gasteiger partial charge in [-0.3, -0.25) is 24.6 Å². The maximum atomic E-state index is 15.4. The first-order valence-corrected chi connectivity index (χ1v) is 21.0. The van der Waals surface area contributed by atoms with E-state index >= 15 is 4.39 Å². The van der Waals surface area contributed by atoms with Crippen molar-refractivity contribution in [3.05, 3.63) is 81.9 Å². The van der Waals surface area contributed by atoms with Gasteiger partial charge in [0, 0.05) is 67.3 Å². The Kier molecular flexibility index (Phi) is 13.3. The van der Waals surface area contributed by atoms with Gasteiger partial charge in [0.15, 0.2) is 11.5 Å². The summed E-state index contributed by atoms with van der Waals surface area (Å²) >= 11 is 0. The molecule has 3 amide bonds. The molecule has 2 saturated heterocycles. The smallest absolute Gasteiger partial charge is 0.295 e. The lowest BCUT2D eigenvalue weighted by atomic mass is 9.99. The van der Waals surface area contributed by atoms with Gasteiger partial charge in [0.25, 0.3) is 11.8 Å². The van der Waals surface area contributed by atoms with Gasteiger partial charge in [-0.1, -0.05) is 37.5 Å². The van der Waals surface area contributed by atoms with Crippen LogP contribution in [0, 0.1) is 12.7 Å². The molecule has 2 unspecified atom stereocenters. The van der Waals surface area contributed by atoms with Gasteiger partial charge in [0.1, 0.15) is 30.1 Å². The molecular weight excluding hydrogens is 792 g/mol. The van der Waals surface area contributed by atoms with Crippen molar-refractivity contribution >= 4 is 40.1 Å². The summed E-state index contributed by atoms with van der Waals surface area (Å²) in [6, 6.07) is 9.75. The normalized spacial score (nSPS) is 17.8. The second-order valence-electron chi connectivity index (χ2n) is 16.2. The standard InChI is InChI=1S/C45H54F3N7O6/c1-27(29-11-10-12-31(21-29)45(47,48)26-56)49-42-34-24-38(60-3)41(61-4)32(40(34)50-28(2)51-42)13-8-6-5-7-9-16-53-17-19-54(20-18-53)37-22-30-25-55(44(59)33(30)23-35(37)46)36-14-15-39(57)52-43(36)58/h10-12,21-24,27,36,56H,5-9,13-20,25-26H2,1-4H3,(H,49,50,51)(H,52,57,58). The lowest BCUT2D eigenvalue weighted by Crippen LogP contribution is -2.52. The molecular formula is C45H54F3N7O6. The number of unbranched alkanes of at least 4 members (excludes halogenated alkanes) is 4. The van der Waals surface area contributed by atoms with Crippen LogP contribution < -0.4 is 25.0 Å². The molecule has 1 aromatic heterocycles. The van der Waals surface area contributed by atoms with Crippen molar-refractivity contribution in [2.45, 2.75) is 89.8 Å². The van der Waals surface area contributed by atoms with Gasteiger partial charge >= 0.3 is 0 Å². The highest BCUT2D eigenvalue weighted by Crippen LogP contribution is 2.41. The van der Waals surface area contributed by atoms with Crippen LogP contribution in [0.1, 0.15) is 96.3 Å². The number of carbonyl (C=O) groups is 3. The number of piperidine rings is 1. The fourth-order valence-electron chi connectivity index (χ4n) is 8.73. The van der Waals surface area contributed by atoms with E-state index in [0.717, 1.165) is 68.2 Å². The van der Waals surface area contributed by atoms with E-state index in [1.54, 1.807) is 32.4 Å². The maximum Gasteiger partial charge on any atom is 0.295 e. The van der Waals surface area contributed by atoms with Crippen molar-refractivity contribution in [1.29, 1.82) is 0 Å². The number of anilines is 2. The van der Waals surface area contributed by atoms with Crippen molar-refractivity contribution < 1.29 is 42.1 Å². The van der Waals surface area contributed by atoms with Crippen LogP contribution in [-0.4, -0.2) is 102 Å². The lowest BCUT2D eigenvalue weighted by molar-refractivity contribution is -0.136. The number of nitrogens with zero attached hydrogens (tertiary/aromatic N) is 5. The minimum atomic E-state index is -3.35. The first kappa shape index (κ1) is 43.6. The lowest BCUT2D eigenvalue weighted by Gasteiger charge is -2.36. The predicted molar refractivity (Wildman–Crippen MR) is 225 cm³/mol. The molecule has 326 valence electrons. The van der Waals surface area contributed by atoms with Crippen molar-refractivity contribution in [3.63, 3.8) is 0 Å². The van der Waals surface area contributed by atoms with E-state index in [1.807, 2.05) is 24.8 Å². The number of ether oxygens (including phenoxy) is 2. The largest absolute Gasteiger partial charge is 0.493 e. The number of alkyl halides is 2. The first-order chi connectivity index (χ1) is 29.3. The summed E-state index contributed by atoms with van der Waals surface area (Å²) in [5.41, 5.74) is 3.45. The van der Waals surface area contributed by atoms with Gasteiger partial charge in [-0.2, -0.15) is 8.78 Å². The van der Waals surface area contributed by atoms with E-state index in [1.165, 1.54) is 23.1 Å². The molecule has 0 aliphatic carbocycles. The molecule has 2 atom stereocenters. The van der Waals surface area contributed by atoms with Crippen molar-refractivity contribution in [2.24, 2.45) is 0 Å². The van der Waals surface area contributed by atoms with Gasteiger partial charge in [-0.25, -0.2) is 14.4 Å². The van der Waals surface area contributed by atoms with Crippen LogP contribution in [0.25, 0.3) is 10.9 Å². The zero-order chi connectivity index (χ0) is 43.4.